The molecule has 4 rings (SSSR count). The van der Waals surface area contributed by atoms with E-state index in [-0.39, 0.29) is 0 Å². The predicted molar refractivity (Wildman–Crippen MR) is 102 cm³/mol. The monoisotopic (exact) mass is 331 g/mol. The second-order valence-electron chi connectivity index (χ2n) is 9.01. The molecule has 0 bridgehead atoms. The van der Waals surface area contributed by atoms with Gasteiger partial charge >= 0.3 is 0 Å². The maximum absolute atomic E-state index is 4.00. The third-order valence-corrected chi connectivity index (χ3v) is 7.13. The third-order valence-electron chi connectivity index (χ3n) is 7.13. The van der Waals surface area contributed by atoms with Crippen LogP contribution in [0.1, 0.15) is 44.9 Å². The van der Waals surface area contributed by atoms with E-state index in [1.807, 2.05) is 0 Å². The zero-order valence-electron chi connectivity index (χ0n) is 15.8. The van der Waals surface area contributed by atoms with Gasteiger partial charge in [0.1, 0.15) is 0 Å². The third kappa shape index (κ3) is 4.34. The molecule has 0 radical (unpaired) electrons. The van der Waals surface area contributed by atoms with Crippen molar-refractivity contribution >= 4 is 0 Å². The fraction of sp³-hybridized carbons (Fsp3) is 0.905. The molecular formula is C21H37N3. The van der Waals surface area contributed by atoms with Crippen molar-refractivity contribution in [1.82, 2.24) is 14.7 Å². The molecule has 3 aliphatic heterocycles. The number of hydrogen-bond acceptors (Lipinski definition) is 3. The van der Waals surface area contributed by atoms with E-state index in [4.69, 9.17) is 0 Å². The molecule has 0 aromatic carbocycles. The molecule has 1 spiro atoms. The Balaban J connectivity index is 0.000000815. The Labute approximate surface area is 149 Å². The van der Waals surface area contributed by atoms with E-state index in [9.17, 15) is 0 Å². The van der Waals surface area contributed by atoms with Gasteiger partial charge < -0.3 is 14.7 Å². The number of terminal acetylenes is 1. The van der Waals surface area contributed by atoms with Crippen LogP contribution in [0.4, 0.5) is 0 Å². The van der Waals surface area contributed by atoms with Crippen molar-refractivity contribution in [3.8, 4) is 12.8 Å². The number of rotatable bonds is 4. The Bertz CT molecular complexity index is 391. The molecule has 3 nitrogen and oxygen atoms in total. The van der Waals surface area contributed by atoms with Crippen molar-refractivity contribution in [2.45, 2.75) is 44.9 Å². The first-order chi connectivity index (χ1) is 11.7. The smallest absolute Gasteiger partial charge is 0.00516 e. The van der Waals surface area contributed by atoms with Crippen molar-refractivity contribution in [3.05, 3.63) is 0 Å². The lowest BCUT2D eigenvalue weighted by Crippen LogP contribution is -2.61. The molecule has 1 saturated carbocycles. The number of hydrogen-bond donors (Lipinski definition) is 0. The van der Waals surface area contributed by atoms with Crippen LogP contribution >= 0.6 is 0 Å². The highest BCUT2D eigenvalue weighted by Gasteiger charge is 2.44. The molecule has 0 atom stereocenters. The first-order valence-electron chi connectivity index (χ1n) is 10.2. The highest BCUT2D eigenvalue weighted by Crippen LogP contribution is 2.41. The largest absolute Gasteiger partial charge is 0.306 e. The summed E-state index contributed by atoms with van der Waals surface area (Å²) in [5.74, 6) is 2.04. The van der Waals surface area contributed by atoms with E-state index in [2.05, 4.69) is 34.6 Å². The fourth-order valence-corrected chi connectivity index (χ4v) is 5.20. The summed E-state index contributed by atoms with van der Waals surface area (Å²) in [5.41, 5.74) is 0.720. The highest BCUT2D eigenvalue weighted by molar-refractivity contribution is 4.98. The molecule has 4 aliphatic rings. The summed E-state index contributed by atoms with van der Waals surface area (Å²) >= 11 is 0. The number of piperidine rings is 2. The van der Waals surface area contributed by atoms with Gasteiger partial charge in [0.25, 0.3) is 0 Å². The molecule has 4 fully saturated rings. The second-order valence-corrected chi connectivity index (χ2v) is 9.01. The van der Waals surface area contributed by atoms with Gasteiger partial charge in [-0.1, -0.05) is 6.42 Å². The van der Waals surface area contributed by atoms with Crippen LogP contribution in [0.15, 0.2) is 0 Å². The van der Waals surface area contributed by atoms with E-state index in [1.165, 1.54) is 97.3 Å². The highest BCUT2D eigenvalue weighted by atomic mass is 15.2. The zero-order valence-corrected chi connectivity index (χ0v) is 15.8. The normalized spacial score (nSPS) is 29.5. The molecule has 3 heterocycles. The minimum atomic E-state index is 0.720. The lowest BCUT2D eigenvalue weighted by molar-refractivity contribution is -0.0536. The Morgan fingerprint density at radius 3 is 1.88 bits per heavy atom. The summed E-state index contributed by atoms with van der Waals surface area (Å²) in [6, 6.07) is 0. The first-order valence-corrected chi connectivity index (χ1v) is 10.2. The van der Waals surface area contributed by atoms with Gasteiger partial charge in [-0.3, -0.25) is 0 Å². The maximum atomic E-state index is 4.00. The topological polar surface area (TPSA) is 9.72 Å². The predicted octanol–water partition coefficient (Wildman–Crippen LogP) is 2.78. The van der Waals surface area contributed by atoms with Crippen LogP contribution in [0.5, 0.6) is 0 Å². The number of nitrogens with zero attached hydrogens (tertiary/aromatic N) is 3. The minimum absolute atomic E-state index is 0.720. The van der Waals surface area contributed by atoms with Crippen LogP contribution in [0.25, 0.3) is 0 Å². The lowest BCUT2D eigenvalue weighted by Gasteiger charge is -2.55. The van der Waals surface area contributed by atoms with Crippen LogP contribution < -0.4 is 0 Å². The summed E-state index contributed by atoms with van der Waals surface area (Å²) in [5, 5.41) is 0. The summed E-state index contributed by atoms with van der Waals surface area (Å²) in [4.78, 5) is 8.04. The van der Waals surface area contributed by atoms with Gasteiger partial charge in [-0.05, 0) is 89.0 Å². The van der Waals surface area contributed by atoms with Crippen molar-refractivity contribution in [1.29, 1.82) is 0 Å². The summed E-state index contributed by atoms with van der Waals surface area (Å²) in [6.45, 7) is 11.0. The molecule has 0 N–H and O–H groups in total. The van der Waals surface area contributed by atoms with Crippen LogP contribution in [-0.4, -0.2) is 74.1 Å². The van der Waals surface area contributed by atoms with Crippen molar-refractivity contribution in [2.24, 2.45) is 17.3 Å². The summed E-state index contributed by atoms with van der Waals surface area (Å²) in [7, 11) is 2.28. The van der Waals surface area contributed by atoms with Gasteiger partial charge in [0, 0.05) is 26.2 Å². The Kier molecular flexibility index (Phi) is 6.24. The van der Waals surface area contributed by atoms with Gasteiger partial charge in [0.2, 0.25) is 0 Å². The molecule has 24 heavy (non-hydrogen) atoms. The average molecular weight is 332 g/mol. The lowest BCUT2D eigenvalue weighted by atomic mass is 9.71. The van der Waals surface area contributed by atoms with Gasteiger partial charge in [0.05, 0.1) is 0 Å². The van der Waals surface area contributed by atoms with Crippen molar-refractivity contribution in [2.75, 3.05) is 59.4 Å². The molecule has 0 aromatic heterocycles. The van der Waals surface area contributed by atoms with Gasteiger partial charge in [-0.2, -0.15) is 0 Å². The molecule has 3 heteroatoms. The Hall–Kier alpha value is -0.560. The first kappa shape index (κ1) is 18.2. The van der Waals surface area contributed by atoms with Crippen LogP contribution in [0.3, 0.4) is 0 Å². The van der Waals surface area contributed by atoms with E-state index < -0.39 is 0 Å². The standard InChI is InChI=1S/C19H35N3.C2H2/c1-20-11-7-19(8-12-20)15-22(16-19)14-18-5-9-21(10-6-18)13-17-3-2-4-17;1-2/h17-18H,2-16H2,1H3;1-2H. The second kappa shape index (κ2) is 8.21. The Morgan fingerprint density at radius 1 is 0.792 bits per heavy atom. The van der Waals surface area contributed by atoms with Crippen molar-refractivity contribution in [3.63, 3.8) is 0 Å². The maximum Gasteiger partial charge on any atom is 0.00516 e. The average Bonchev–Trinajstić information content (AvgIpc) is 2.55. The molecule has 0 amide bonds. The molecule has 136 valence electrons. The Morgan fingerprint density at radius 2 is 1.33 bits per heavy atom. The van der Waals surface area contributed by atoms with E-state index in [0.717, 1.165) is 17.3 Å². The van der Waals surface area contributed by atoms with Gasteiger partial charge in [-0.25, -0.2) is 0 Å². The van der Waals surface area contributed by atoms with Gasteiger partial charge in [0.15, 0.2) is 0 Å². The summed E-state index contributed by atoms with van der Waals surface area (Å²) < 4.78 is 0. The van der Waals surface area contributed by atoms with Crippen LogP contribution in [0, 0.1) is 30.1 Å². The SMILES string of the molecule is C#C.CN1CCC2(CC1)CN(CC1CCN(CC3CCC3)CC1)C2. The molecule has 3 saturated heterocycles. The van der Waals surface area contributed by atoms with Crippen molar-refractivity contribution < 1.29 is 0 Å². The summed E-state index contributed by atoms with van der Waals surface area (Å²) in [6.07, 6.45) is 18.3. The van der Waals surface area contributed by atoms with E-state index in [1.54, 1.807) is 0 Å². The fourth-order valence-electron chi connectivity index (χ4n) is 5.20. The minimum Gasteiger partial charge on any atom is -0.306 e. The van der Waals surface area contributed by atoms with E-state index >= 15 is 0 Å². The molecule has 1 aliphatic carbocycles. The molecular weight excluding hydrogens is 294 g/mol. The number of likely N-dealkylation sites (tertiary alicyclic amines) is 3. The van der Waals surface area contributed by atoms with Gasteiger partial charge in [-0.15, -0.1) is 12.8 Å². The molecule has 0 unspecified atom stereocenters. The quantitative estimate of drug-likeness (QED) is 0.734. The van der Waals surface area contributed by atoms with E-state index in [0.29, 0.717) is 0 Å². The van der Waals surface area contributed by atoms with Crippen LogP contribution in [0.2, 0.25) is 0 Å². The molecule has 0 aromatic rings. The zero-order chi connectivity index (χ0) is 17.0. The van der Waals surface area contributed by atoms with Crippen LogP contribution in [-0.2, 0) is 0 Å².